The first-order valence-corrected chi connectivity index (χ1v) is 3.85. The monoisotopic (exact) mass is 127 g/mol. The highest BCUT2D eigenvalue weighted by molar-refractivity contribution is 6.30. The molecule has 0 radical (unpaired) electrons. The lowest BCUT2D eigenvalue weighted by atomic mass is 9.91. The normalized spacial score (nSPS) is 11.6. The molecule has 0 aromatic heterocycles. The molecule has 0 aliphatic heterocycles. The molecule has 0 spiro atoms. The van der Waals surface area contributed by atoms with E-state index in [0.717, 1.165) is 7.41 Å². The average molecular weight is 127 g/mol. The maximum absolute atomic E-state index is 2.46. The first-order chi connectivity index (χ1) is 4.09. The van der Waals surface area contributed by atoms with E-state index < -0.39 is 0 Å². The van der Waals surface area contributed by atoms with Crippen LogP contribution in [0.5, 0.6) is 0 Å². The fourth-order valence-corrected chi connectivity index (χ4v) is 1.33. The Kier molecular flexibility index (Phi) is 3.95. The van der Waals surface area contributed by atoms with Gasteiger partial charge in [-0.15, -0.1) is 0 Å². The highest BCUT2D eigenvalue weighted by Gasteiger charge is 2.09. The number of hydrogen-bond acceptors (Lipinski definition) is 1. The molecule has 0 atom stereocenters. The van der Waals surface area contributed by atoms with Crippen LogP contribution in [0.25, 0.3) is 0 Å². The van der Waals surface area contributed by atoms with Crippen LogP contribution in [0.15, 0.2) is 0 Å². The molecule has 0 bridgehead atoms. The van der Waals surface area contributed by atoms with Crippen molar-refractivity contribution in [2.24, 2.45) is 0 Å². The molecule has 2 heteroatoms. The van der Waals surface area contributed by atoms with Gasteiger partial charge in [-0.05, 0) is 12.1 Å². The highest BCUT2D eigenvalue weighted by atomic mass is 15.1. The minimum atomic E-state index is 0.690. The Morgan fingerprint density at radius 1 is 1.00 bits per heavy atom. The molecule has 0 saturated carbocycles. The molecule has 0 aromatic rings. The minimum Gasteiger partial charge on any atom is -0.341 e. The molecular formula is C7H18BN. The minimum absolute atomic E-state index is 0.690. The Hall–Kier alpha value is 0.0249. The zero-order valence-electron chi connectivity index (χ0n) is 7.31. The molecule has 9 heavy (non-hydrogen) atoms. The maximum Gasteiger partial charge on any atom is 0.201 e. The largest absolute Gasteiger partial charge is 0.341 e. The molecule has 0 aromatic carbocycles. The van der Waals surface area contributed by atoms with Gasteiger partial charge >= 0.3 is 0 Å². The van der Waals surface area contributed by atoms with Crippen molar-refractivity contribution in [3.8, 4) is 0 Å². The molecule has 0 aliphatic carbocycles. The second-order valence-corrected chi connectivity index (χ2v) is 3.02. The summed E-state index contributed by atoms with van der Waals surface area (Å²) < 4.78 is 0. The van der Waals surface area contributed by atoms with Crippen LogP contribution >= 0.6 is 0 Å². The van der Waals surface area contributed by atoms with Crippen molar-refractivity contribution in [1.82, 2.24) is 4.81 Å². The summed E-state index contributed by atoms with van der Waals surface area (Å²) in [5.74, 6) is 0. The van der Waals surface area contributed by atoms with Crippen molar-refractivity contribution in [3.63, 3.8) is 0 Å². The second-order valence-electron chi connectivity index (χ2n) is 3.02. The van der Waals surface area contributed by atoms with Crippen LogP contribution in [0.3, 0.4) is 0 Å². The molecule has 0 amide bonds. The SMILES string of the molecule is CBN(C(C)C)C(C)C. The van der Waals surface area contributed by atoms with Crippen molar-refractivity contribution in [3.05, 3.63) is 0 Å². The van der Waals surface area contributed by atoms with Gasteiger partial charge in [-0.2, -0.15) is 0 Å². The first kappa shape index (κ1) is 9.02. The van der Waals surface area contributed by atoms with E-state index in [9.17, 15) is 0 Å². The van der Waals surface area contributed by atoms with Gasteiger partial charge in [0, 0.05) is 0 Å². The van der Waals surface area contributed by atoms with E-state index >= 15 is 0 Å². The molecular weight excluding hydrogens is 109 g/mol. The Morgan fingerprint density at radius 3 is 1.33 bits per heavy atom. The molecule has 0 N–H and O–H groups in total. The Bertz CT molecular complexity index is 63.3. The van der Waals surface area contributed by atoms with Crippen LogP contribution < -0.4 is 0 Å². The summed E-state index contributed by atoms with van der Waals surface area (Å²) >= 11 is 0. The van der Waals surface area contributed by atoms with E-state index in [1.807, 2.05) is 0 Å². The van der Waals surface area contributed by atoms with Gasteiger partial charge in [-0.1, -0.05) is 34.5 Å². The maximum atomic E-state index is 2.46. The summed E-state index contributed by atoms with van der Waals surface area (Å²) in [5.41, 5.74) is 0. The van der Waals surface area contributed by atoms with Gasteiger partial charge in [0.25, 0.3) is 0 Å². The molecule has 54 valence electrons. The van der Waals surface area contributed by atoms with Crippen molar-refractivity contribution in [1.29, 1.82) is 0 Å². The van der Waals surface area contributed by atoms with E-state index in [1.165, 1.54) is 0 Å². The molecule has 0 unspecified atom stereocenters. The van der Waals surface area contributed by atoms with Crippen LogP contribution in [0.4, 0.5) is 0 Å². The third-order valence-corrected chi connectivity index (χ3v) is 1.69. The van der Waals surface area contributed by atoms with Crippen LogP contribution in [0, 0.1) is 0 Å². The molecule has 1 nitrogen and oxygen atoms in total. The number of hydrogen-bond donors (Lipinski definition) is 0. The fraction of sp³-hybridized carbons (Fsp3) is 1.00. The highest BCUT2D eigenvalue weighted by Crippen LogP contribution is 2.01. The van der Waals surface area contributed by atoms with Crippen LogP contribution in [0.1, 0.15) is 27.7 Å². The second kappa shape index (κ2) is 3.94. The van der Waals surface area contributed by atoms with Gasteiger partial charge in [0.2, 0.25) is 7.41 Å². The number of rotatable bonds is 3. The van der Waals surface area contributed by atoms with Gasteiger partial charge in [-0.3, -0.25) is 0 Å². The summed E-state index contributed by atoms with van der Waals surface area (Å²) in [5, 5.41) is 0. The summed E-state index contributed by atoms with van der Waals surface area (Å²) in [6.45, 7) is 11.2. The number of nitrogens with zero attached hydrogens (tertiary/aromatic N) is 1. The summed E-state index contributed by atoms with van der Waals surface area (Å²) in [6.07, 6.45) is 0. The lowest BCUT2D eigenvalue weighted by Gasteiger charge is -2.28. The third kappa shape index (κ3) is 2.90. The fourth-order valence-electron chi connectivity index (χ4n) is 1.33. The zero-order chi connectivity index (χ0) is 7.44. The topological polar surface area (TPSA) is 3.24 Å². The van der Waals surface area contributed by atoms with Gasteiger partial charge in [0.1, 0.15) is 0 Å². The smallest absolute Gasteiger partial charge is 0.201 e. The van der Waals surface area contributed by atoms with E-state index in [1.54, 1.807) is 0 Å². The Morgan fingerprint density at radius 2 is 1.33 bits per heavy atom. The Balaban J connectivity index is 3.68. The van der Waals surface area contributed by atoms with Crippen LogP contribution in [0.2, 0.25) is 6.82 Å². The lowest BCUT2D eigenvalue weighted by Crippen LogP contribution is -2.38. The van der Waals surface area contributed by atoms with Crippen molar-refractivity contribution in [2.45, 2.75) is 46.6 Å². The standard InChI is InChI=1S/C7H18BN/c1-6(2)9(8-5)7(3)4/h6-8H,1-5H3. The third-order valence-electron chi connectivity index (χ3n) is 1.69. The van der Waals surface area contributed by atoms with E-state index in [0.29, 0.717) is 12.1 Å². The van der Waals surface area contributed by atoms with E-state index in [-0.39, 0.29) is 0 Å². The summed E-state index contributed by atoms with van der Waals surface area (Å²) in [7, 11) is 1.16. The quantitative estimate of drug-likeness (QED) is 0.519. The summed E-state index contributed by atoms with van der Waals surface area (Å²) in [6, 6.07) is 1.38. The van der Waals surface area contributed by atoms with Gasteiger partial charge in [-0.25, -0.2) is 0 Å². The van der Waals surface area contributed by atoms with Crippen LogP contribution in [-0.2, 0) is 0 Å². The molecule has 0 rings (SSSR count). The lowest BCUT2D eigenvalue weighted by molar-refractivity contribution is 0.313. The van der Waals surface area contributed by atoms with Crippen LogP contribution in [-0.4, -0.2) is 24.3 Å². The van der Waals surface area contributed by atoms with Gasteiger partial charge < -0.3 is 4.81 Å². The average Bonchev–Trinajstić information content (AvgIpc) is 1.64. The summed E-state index contributed by atoms with van der Waals surface area (Å²) in [4.78, 5) is 2.46. The van der Waals surface area contributed by atoms with Gasteiger partial charge in [0.05, 0.1) is 0 Å². The first-order valence-electron chi connectivity index (χ1n) is 3.85. The Labute approximate surface area is 59.7 Å². The predicted octanol–water partition coefficient (Wildman–Crippen LogP) is 1.50. The van der Waals surface area contributed by atoms with E-state index in [4.69, 9.17) is 0 Å². The molecule has 0 saturated heterocycles. The van der Waals surface area contributed by atoms with Crippen molar-refractivity contribution >= 4 is 7.41 Å². The van der Waals surface area contributed by atoms with Crippen molar-refractivity contribution < 1.29 is 0 Å². The molecule has 0 fully saturated rings. The van der Waals surface area contributed by atoms with Crippen molar-refractivity contribution in [2.75, 3.05) is 0 Å². The molecule has 0 heterocycles. The predicted molar refractivity (Wildman–Crippen MR) is 45.1 cm³/mol. The zero-order valence-corrected chi connectivity index (χ0v) is 7.31. The van der Waals surface area contributed by atoms with E-state index in [2.05, 4.69) is 39.3 Å². The molecule has 0 aliphatic rings. The van der Waals surface area contributed by atoms with Gasteiger partial charge in [0.15, 0.2) is 0 Å².